The van der Waals surface area contributed by atoms with Crippen LogP contribution in [-0.2, 0) is 5.41 Å². The first-order valence-corrected chi connectivity index (χ1v) is 7.81. The number of aliphatic hydroxyl groups excluding tert-OH is 2. The molecule has 2 aliphatic rings. The Morgan fingerprint density at radius 2 is 1.92 bits per heavy atom. The molecular weight excluding hydrogens is 309 g/mol. The fraction of sp³-hybridized carbons (Fsp3) is 0.529. The van der Waals surface area contributed by atoms with Gasteiger partial charge in [0, 0.05) is 11.5 Å². The molecule has 1 aliphatic carbocycles. The topological polar surface area (TPSA) is 82.4 Å². The fourth-order valence-corrected chi connectivity index (χ4v) is 4.18. The number of aliphatic hydroxyl groups is 3. The van der Waals surface area contributed by atoms with Crippen LogP contribution in [0.3, 0.4) is 0 Å². The average molecular weight is 331 g/mol. The van der Waals surface area contributed by atoms with E-state index in [1.54, 1.807) is 26.4 Å². The SMILES string of the molecule is [B]C1(O)C(O)C(O)=C[C@@]2(c3ccc(OC)c(OC)c3)CCN(C)C12. The van der Waals surface area contributed by atoms with E-state index in [4.69, 9.17) is 17.3 Å². The maximum Gasteiger partial charge on any atom is 0.161 e. The first kappa shape index (κ1) is 17.1. The van der Waals surface area contributed by atoms with E-state index in [-0.39, 0.29) is 5.76 Å². The van der Waals surface area contributed by atoms with E-state index in [9.17, 15) is 15.3 Å². The van der Waals surface area contributed by atoms with E-state index >= 15 is 0 Å². The number of nitrogens with zero attached hydrogens (tertiary/aromatic N) is 1. The normalized spacial score (nSPS) is 36.1. The lowest BCUT2D eigenvalue weighted by atomic mass is 9.56. The van der Waals surface area contributed by atoms with Gasteiger partial charge >= 0.3 is 0 Å². The van der Waals surface area contributed by atoms with Gasteiger partial charge in [-0.1, -0.05) is 6.07 Å². The van der Waals surface area contributed by atoms with Crippen LogP contribution >= 0.6 is 0 Å². The minimum Gasteiger partial charge on any atom is -0.510 e. The van der Waals surface area contributed by atoms with Gasteiger partial charge in [-0.05, 0) is 43.8 Å². The number of likely N-dealkylation sites (tertiary alicyclic amines) is 1. The Morgan fingerprint density at radius 1 is 1.25 bits per heavy atom. The monoisotopic (exact) mass is 331 g/mol. The van der Waals surface area contributed by atoms with Crippen molar-refractivity contribution >= 4 is 7.85 Å². The number of methoxy groups -OCH3 is 2. The van der Waals surface area contributed by atoms with Crippen LogP contribution in [0, 0.1) is 0 Å². The molecule has 3 rings (SSSR count). The Hall–Kier alpha value is -1.70. The van der Waals surface area contributed by atoms with E-state index in [0.717, 1.165) is 5.56 Å². The van der Waals surface area contributed by atoms with Crippen molar-refractivity contribution in [2.75, 3.05) is 27.8 Å². The van der Waals surface area contributed by atoms with Gasteiger partial charge in [0.25, 0.3) is 0 Å². The average Bonchev–Trinajstić information content (AvgIpc) is 2.90. The van der Waals surface area contributed by atoms with Crippen molar-refractivity contribution in [2.45, 2.75) is 29.5 Å². The summed E-state index contributed by atoms with van der Waals surface area (Å²) in [4.78, 5) is 1.91. The summed E-state index contributed by atoms with van der Waals surface area (Å²) in [6, 6.07) is 4.88. The summed E-state index contributed by atoms with van der Waals surface area (Å²) in [5, 5.41) is 31.1. The molecule has 0 aromatic heterocycles. The molecule has 7 heteroatoms. The molecule has 2 radical (unpaired) electrons. The second-order valence-corrected chi connectivity index (χ2v) is 6.60. The number of rotatable bonds is 3. The highest BCUT2D eigenvalue weighted by molar-refractivity contribution is 6.16. The van der Waals surface area contributed by atoms with Gasteiger partial charge in [0.05, 0.1) is 19.7 Å². The van der Waals surface area contributed by atoms with Crippen LogP contribution in [0.25, 0.3) is 0 Å². The number of hydrogen-bond acceptors (Lipinski definition) is 6. The third-order valence-electron chi connectivity index (χ3n) is 5.29. The van der Waals surface area contributed by atoms with Gasteiger partial charge in [-0.2, -0.15) is 0 Å². The van der Waals surface area contributed by atoms with Crippen molar-refractivity contribution in [3.63, 3.8) is 0 Å². The second-order valence-electron chi connectivity index (χ2n) is 6.60. The fourth-order valence-electron chi connectivity index (χ4n) is 4.18. The van der Waals surface area contributed by atoms with Crippen molar-refractivity contribution in [1.29, 1.82) is 0 Å². The molecule has 24 heavy (non-hydrogen) atoms. The maximum absolute atomic E-state index is 10.7. The number of benzene rings is 1. The molecule has 0 spiro atoms. The largest absolute Gasteiger partial charge is 0.510 e. The van der Waals surface area contributed by atoms with Gasteiger partial charge in [-0.25, -0.2) is 0 Å². The van der Waals surface area contributed by atoms with E-state index in [1.807, 2.05) is 24.1 Å². The highest BCUT2D eigenvalue weighted by atomic mass is 16.5. The van der Waals surface area contributed by atoms with E-state index in [0.29, 0.717) is 24.5 Å². The second kappa shape index (κ2) is 5.69. The quantitative estimate of drug-likeness (QED) is 0.692. The first-order chi connectivity index (χ1) is 11.3. The van der Waals surface area contributed by atoms with Gasteiger partial charge in [-0.3, -0.25) is 4.90 Å². The Labute approximate surface area is 142 Å². The number of fused-ring (bicyclic) bond motifs is 1. The van der Waals surface area contributed by atoms with E-state index in [2.05, 4.69) is 0 Å². The third-order valence-corrected chi connectivity index (χ3v) is 5.29. The third kappa shape index (κ3) is 2.23. The van der Waals surface area contributed by atoms with Crippen LogP contribution in [0.2, 0.25) is 0 Å². The minimum atomic E-state index is -1.97. The molecule has 0 amide bonds. The molecule has 0 saturated carbocycles. The highest BCUT2D eigenvalue weighted by Gasteiger charge is 2.59. The van der Waals surface area contributed by atoms with Crippen molar-refractivity contribution in [1.82, 2.24) is 4.90 Å². The van der Waals surface area contributed by atoms with Gasteiger partial charge < -0.3 is 24.8 Å². The first-order valence-electron chi connectivity index (χ1n) is 7.81. The Balaban J connectivity index is 2.20. The highest BCUT2D eigenvalue weighted by Crippen LogP contribution is 2.50. The zero-order valence-electron chi connectivity index (χ0n) is 14.1. The smallest absolute Gasteiger partial charge is 0.161 e. The molecule has 1 saturated heterocycles. The molecule has 0 bridgehead atoms. The van der Waals surface area contributed by atoms with Crippen LogP contribution < -0.4 is 9.47 Å². The Morgan fingerprint density at radius 3 is 2.54 bits per heavy atom. The molecule has 1 heterocycles. The Kier molecular flexibility index (Phi) is 4.06. The van der Waals surface area contributed by atoms with E-state index in [1.165, 1.54) is 0 Å². The predicted molar refractivity (Wildman–Crippen MR) is 89.7 cm³/mol. The summed E-state index contributed by atoms with van der Waals surface area (Å²) in [6.07, 6.45) is 0.713. The van der Waals surface area contributed by atoms with Crippen LogP contribution in [0.5, 0.6) is 11.5 Å². The number of hydrogen-bond donors (Lipinski definition) is 3. The molecule has 1 aromatic rings. The summed E-state index contributed by atoms with van der Waals surface area (Å²) in [5.74, 6) is 0.825. The number of ether oxygens (including phenoxy) is 2. The molecule has 4 atom stereocenters. The van der Waals surface area contributed by atoms with Crippen molar-refractivity contribution < 1.29 is 24.8 Å². The molecule has 1 fully saturated rings. The Bertz CT molecular complexity index is 677. The van der Waals surface area contributed by atoms with Crippen molar-refractivity contribution in [3.05, 3.63) is 35.6 Å². The zero-order chi connectivity index (χ0) is 17.7. The van der Waals surface area contributed by atoms with Crippen molar-refractivity contribution in [3.8, 4) is 11.5 Å². The minimum absolute atomic E-state index is 0.318. The predicted octanol–water partition coefficient (Wildman–Crippen LogP) is 0.319. The molecule has 1 aliphatic heterocycles. The van der Waals surface area contributed by atoms with Crippen LogP contribution in [0.4, 0.5) is 0 Å². The molecule has 6 nitrogen and oxygen atoms in total. The molecule has 128 valence electrons. The van der Waals surface area contributed by atoms with Crippen molar-refractivity contribution in [2.24, 2.45) is 0 Å². The lowest BCUT2D eigenvalue weighted by Gasteiger charge is -2.50. The van der Waals surface area contributed by atoms with Crippen LogP contribution in [-0.4, -0.2) is 73.5 Å². The summed E-state index contributed by atoms with van der Waals surface area (Å²) in [5.41, 5.74) is -1.88. The maximum atomic E-state index is 10.7. The summed E-state index contributed by atoms with van der Waals surface area (Å²) in [6.45, 7) is 0.662. The summed E-state index contributed by atoms with van der Waals surface area (Å²) >= 11 is 0. The molecule has 3 N–H and O–H groups in total. The van der Waals surface area contributed by atoms with Gasteiger partial charge in [-0.15, -0.1) is 0 Å². The lowest BCUT2D eigenvalue weighted by molar-refractivity contribution is -0.0752. The van der Waals surface area contributed by atoms with E-state index < -0.39 is 23.1 Å². The molecule has 3 unspecified atom stereocenters. The van der Waals surface area contributed by atoms with Gasteiger partial charge in [0.2, 0.25) is 0 Å². The summed E-state index contributed by atoms with van der Waals surface area (Å²) < 4.78 is 10.6. The lowest BCUT2D eigenvalue weighted by Crippen LogP contribution is -2.65. The van der Waals surface area contributed by atoms with Gasteiger partial charge in [0.1, 0.15) is 19.7 Å². The molecular formula is C17H22BNO5. The van der Waals surface area contributed by atoms with Gasteiger partial charge in [0.15, 0.2) is 11.5 Å². The zero-order valence-corrected chi connectivity index (χ0v) is 14.1. The number of likely N-dealkylation sites (N-methyl/N-ethyl adjacent to an activating group) is 1. The molecule has 1 aromatic carbocycles. The van der Waals surface area contributed by atoms with Crippen LogP contribution in [0.15, 0.2) is 30.0 Å². The summed E-state index contributed by atoms with van der Waals surface area (Å²) in [7, 11) is 11.0. The van der Waals surface area contributed by atoms with Crippen LogP contribution in [0.1, 0.15) is 12.0 Å². The standard InChI is InChI=1S/C17H22BNO5/c1-19-7-6-16(9-11(20)14(21)17(18,22)15(16)19)10-4-5-12(23-2)13(8-10)24-3/h4-5,8-9,14-15,20-22H,6-7H2,1-3H3/t14?,15?,16-,17?/m1/s1.